The lowest BCUT2D eigenvalue weighted by Crippen LogP contribution is -2.23. The molecule has 0 saturated carbocycles. The van der Waals surface area contributed by atoms with Crippen LogP contribution in [0.2, 0.25) is 0 Å². The number of hydrogen-bond acceptors (Lipinski definition) is 5. The Labute approximate surface area is 141 Å². The lowest BCUT2D eigenvalue weighted by Gasteiger charge is -2.23. The van der Waals surface area contributed by atoms with Crippen molar-refractivity contribution in [2.24, 2.45) is 0 Å². The van der Waals surface area contributed by atoms with Gasteiger partial charge in [-0.25, -0.2) is 4.79 Å². The third-order valence-electron chi connectivity index (χ3n) is 3.18. The first-order valence-electron chi connectivity index (χ1n) is 8.09. The molecule has 0 fully saturated rings. The van der Waals surface area contributed by atoms with Gasteiger partial charge in [0.25, 0.3) is 0 Å². The van der Waals surface area contributed by atoms with Crippen LogP contribution < -0.4 is 15.1 Å². The molecular weight excluding hydrogens is 308 g/mol. The van der Waals surface area contributed by atoms with Crippen LogP contribution in [0.1, 0.15) is 40.5 Å². The number of hydrogen-bond donors (Lipinski definition) is 1. The number of aromatic hydroxyl groups is 1. The predicted molar refractivity (Wildman–Crippen MR) is 94.1 cm³/mol. The van der Waals surface area contributed by atoms with Gasteiger partial charge in [0.2, 0.25) is 5.75 Å². The largest absolute Gasteiger partial charge is 0.499 e. The Hall–Kier alpha value is -2.43. The van der Waals surface area contributed by atoms with Gasteiger partial charge in [-0.1, -0.05) is 25.1 Å². The molecule has 1 aromatic carbocycles. The molecule has 0 aliphatic heterocycles. The normalized spacial score (nSPS) is 12.0. The van der Waals surface area contributed by atoms with Gasteiger partial charge in [-0.2, -0.15) is 0 Å². The summed E-state index contributed by atoms with van der Waals surface area (Å²) in [4.78, 5) is 11.8. The zero-order chi connectivity index (χ0) is 17.7. The number of rotatable bonds is 6. The monoisotopic (exact) mass is 332 g/mol. The topological polar surface area (TPSA) is 68.9 Å². The average Bonchev–Trinajstić information content (AvgIpc) is 2.49. The highest BCUT2D eigenvalue weighted by Crippen LogP contribution is 2.39. The number of fused-ring (bicyclic) bond motifs is 1. The summed E-state index contributed by atoms with van der Waals surface area (Å²) in [6, 6.07) is 5.14. The van der Waals surface area contributed by atoms with Gasteiger partial charge in [-0.05, 0) is 45.7 Å². The molecule has 0 spiro atoms. The van der Waals surface area contributed by atoms with Crippen LogP contribution in [0.25, 0.3) is 11.0 Å². The molecule has 0 atom stereocenters. The van der Waals surface area contributed by atoms with Crippen LogP contribution >= 0.6 is 0 Å². The van der Waals surface area contributed by atoms with E-state index in [9.17, 15) is 9.90 Å². The molecule has 0 amide bonds. The van der Waals surface area contributed by atoms with Crippen LogP contribution in [-0.4, -0.2) is 17.3 Å². The second kappa shape index (κ2) is 7.43. The smallest absolute Gasteiger partial charge is 0.382 e. The summed E-state index contributed by atoms with van der Waals surface area (Å²) in [5.41, 5.74) is -0.950. The Morgan fingerprint density at radius 1 is 1.25 bits per heavy atom. The van der Waals surface area contributed by atoms with Crippen LogP contribution in [-0.2, 0) is 0 Å². The molecule has 1 N–H and O–H groups in total. The fourth-order valence-electron chi connectivity index (χ4n) is 2.25. The van der Waals surface area contributed by atoms with Gasteiger partial charge in [-0.15, -0.1) is 0 Å². The van der Waals surface area contributed by atoms with Crippen molar-refractivity contribution in [3.8, 4) is 17.2 Å². The zero-order valence-electron chi connectivity index (χ0n) is 14.6. The summed E-state index contributed by atoms with van der Waals surface area (Å²) in [5.74, 6) is 0.0658. The number of allylic oxidation sites excluding steroid dienone is 1. The summed E-state index contributed by atoms with van der Waals surface area (Å²) in [7, 11) is 0. The van der Waals surface area contributed by atoms with Gasteiger partial charge in [0.1, 0.15) is 22.3 Å². The Balaban J connectivity index is 2.47. The van der Waals surface area contributed by atoms with E-state index in [-0.39, 0.29) is 5.75 Å². The summed E-state index contributed by atoms with van der Waals surface area (Å²) >= 11 is 0. The van der Waals surface area contributed by atoms with Crippen molar-refractivity contribution in [3.63, 3.8) is 0 Å². The molecule has 0 aliphatic carbocycles. The summed E-state index contributed by atoms with van der Waals surface area (Å²) in [5, 5.41) is 10.6. The van der Waals surface area contributed by atoms with Crippen LogP contribution in [0, 0.1) is 0 Å². The van der Waals surface area contributed by atoms with Crippen LogP contribution in [0.3, 0.4) is 0 Å². The SMILES string of the molecule is CCC=CCCOc1c(O)c(=O)oc2cccc(OC(C)(C)C)c12. The minimum Gasteiger partial charge on any atom is -0.499 e. The van der Waals surface area contributed by atoms with Crippen molar-refractivity contribution in [1.29, 1.82) is 0 Å². The molecule has 0 bridgehead atoms. The first-order chi connectivity index (χ1) is 11.3. The number of benzene rings is 1. The minimum absolute atomic E-state index is 0.103. The molecule has 0 aliphatic rings. The average molecular weight is 332 g/mol. The van der Waals surface area contributed by atoms with Gasteiger partial charge in [0, 0.05) is 0 Å². The lowest BCUT2D eigenvalue weighted by molar-refractivity contribution is 0.132. The Kier molecular flexibility index (Phi) is 5.54. The standard InChI is InChI=1S/C19H24O5/c1-5-6-7-8-12-22-17-15-13(23-18(21)16(17)20)10-9-11-14(15)24-19(2,3)4/h6-7,9-11,20H,5,8,12H2,1-4H3. The zero-order valence-corrected chi connectivity index (χ0v) is 14.6. The molecule has 1 heterocycles. The first-order valence-corrected chi connectivity index (χ1v) is 8.09. The van der Waals surface area contributed by atoms with E-state index in [0.717, 1.165) is 6.42 Å². The Morgan fingerprint density at radius 2 is 2.00 bits per heavy atom. The van der Waals surface area contributed by atoms with Gasteiger partial charge in [0.15, 0.2) is 5.75 Å². The van der Waals surface area contributed by atoms with E-state index in [0.29, 0.717) is 29.7 Å². The van der Waals surface area contributed by atoms with E-state index in [1.807, 2.05) is 32.9 Å². The molecule has 24 heavy (non-hydrogen) atoms. The van der Waals surface area contributed by atoms with Crippen molar-refractivity contribution in [1.82, 2.24) is 0 Å². The number of ether oxygens (including phenoxy) is 2. The van der Waals surface area contributed by atoms with E-state index in [1.54, 1.807) is 18.2 Å². The molecule has 0 radical (unpaired) electrons. The highest BCUT2D eigenvalue weighted by molar-refractivity contribution is 5.91. The molecular formula is C19H24O5. The maximum atomic E-state index is 11.8. The second-order valence-electron chi connectivity index (χ2n) is 6.43. The van der Waals surface area contributed by atoms with Crippen molar-refractivity contribution in [2.45, 2.75) is 46.1 Å². The van der Waals surface area contributed by atoms with Gasteiger partial charge in [0.05, 0.1) is 6.61 Å². The Morgan fingerprint density at radius 3 is 2.67 bits per heavy atom. The minimum atomic E-state index is -0.825. The fraction of sp³-hybridized carbons (Fsp3) is 0.421. The highest BCUT2D eigenvalue weighted by atomic mass is 16.5. The lowest BCUT2D eigenvalue weighted by atomic mass is 10.1. The second-order valence-corrected chi connectivity index (χ2v) is 6.43. The summed E-state index contributed by atoms with van der Waals surface area (Å²) in [6.45, 7) is 8.14. The highest BCUT2D eigenvalue weighted by Gasteiger charge is 2.21. The molecule has 0 unspecified atom stereocenters. The van der Waals surface area contributed by atoms with E-state index in [4.69, 9.17) is 13.9 Å². The van der Waals surface area contributed by atoms with Crippen LogP contribution in [0.4, 0.5) is 0 Å². The van der Waals surface area contributed by atoms with Crippen molar-refractivity contribution < 1.29 is 19.0 Å². The fourth-order valence-corrected chi connectivity index (χ4v) is 2.25. The molecule has 5 nitrogen and oxygen atoms in total. The van der Waals surface area contributed by atoms with E-state index in [2.05, 4.69) is 6.92 Å². The van der Waals surface area contributed by atoms with Crippen molar-refractivity contribution in [3.05, 3.63) is 40.8 Å². The van der Waals surface area contributed by atoms with E-state index >= 15 is 0 Å². The summed E-state index contributed by atoms with van der Waals surface area (Å²) < 4.78 is 16.8. The molecule has 130 valence electrons. The van der Waals surface area contributed by atoms with Gasteiger partial charge >= 0.3 is 5.63 Å². The Bertz CT molecular complexity index is 781. The predicted octanol–water partition coefficient (Wildman–Crippen LogP) is 4.41. The van der Waals surface area contributed by atoms with Crippen LogP contribution in [0.15, 0.2) is 39.6 Å². The van der Waals surface area contributed by atoms with Crippen molar-refractivity contribution >= 4 is 11.0 Å². The van der Waals surface area contributed by atoms with Gasteiger partial charge in [-0.3, -0.25) is 0 Å². The quantitative estimate of drug-likeness (QED) is 0.482. The van der Waals surface area contributed by atoms with Crippen LogP contribution in [0.5, 0.6) is 17.2 Å². The molecule has 1 aromatic heterocycles. The van der Waals surface area contributed by atoms with E-state index < -0.39 is 17.0 Å². The maximum absolute atomic E-state index is 11.8. The molecule has 0 saturated heterocycles. The van der Waals surface area contributed by atoms with E-state index in [1.165, 1.54) is 0 Å². The van der Waals surface area contributed by atoms with Crippen molar-refractivity contribution in [2.75, 3.05) is 6.61 Å². The summed E-state index contributed by atoms with van der Waals surface area (Å²) in [6.07, 6.45) is 5.66. The molecule has 2 aromatic rings. The molecule has 2 rings (SSSR count). The maximum Gasteiger partial charge on any atom is 0.382 e. The third kappa shape index (κ3) is 4.31. The van der Waals surface area contributed by atoms with Gasteiger partial charge < -0.3 is 19.0 Å². The third-order valence-corrected chi connectivity index (χ3v) is 3.18. The molecule has 5 heteroatoms. The first kappa shape index (κ1) is 17.9.